The summed E-state index contributed by atoms with van der Waals surface area (Å²) in [6.45, 7) is 0.393. The molecule has 0 aliphatic heterocycles. The van der Waals surface area contributed by atoms with Gasteiger partial charge in [-0.1, -0.05) is 40.2 Å². The molecule has 22 heavy (non-hydrogen) atoms. The van der Waals surface area contributed by atoms with Gasteiger partial charge in [-0.15, -0.1) is 0 Å². The van der Waals surface area contributed by atoms with E-state index in [1.165, 1.54) is 7.11 Å². The fourth-order valence-corrected chi connectivity index (χ4v) is 2.26. The zero-order valence-corrected chi connectivity index (χ0v) is 13.5. The lowest BCUT2D eigenvalue weighted by atomic mass is 10.2. The van der Waals surface area contributed by atoms with Gasteiger partial charge in [-0.2, -0.15) is 0 Å². The van der Waals surface area contributed by atoms with E-state index in [1.807, 2.05) is 24.3 Å². The molecule has 2 rings (SSSR count). The van der Waals surface area contributed by atoms with Gasteiger partial charge in [0.05, 0.1) is 12.7 Å². The highest BCUT2D eigenvalue weighted by atomic mass is 79.9. The molecule has 0 saturated carbocycles. The molecule has 114 valence electrons. The molecule has 0 spiro atoms. The van der Waals surface area contributed by atoms with Gasteiger partial charge in [0, 0.05) is 16.7 Å². The van der Waals surface area contributed by atoms with E-state index in [0.717, 1.165) is 10.0 Å². The minimum Gasteiger partial charge on any atom is -0.465 e. The zero-order valence-electron chi connectivity index (χ0n) is 11.9. The summed E-state index contributed by atoms with van der Waals surface area (Å²) < 4.78 is 5.58. The summed E-state index contributed by atoms with van der Waals surface area (Å²) >= 11 is 3.42. The van der Waals surface area contributed by atoms with Crippen molar-refractivity contribution in [1.29, 1.82) is 0 Å². The smallest absolute Gasteiger partial charge is 0.337 e. The van der Waals surface area contributed by atoms with Crippen LogP contribution >= 0.6 is 15.9 Å². The van der Waals surface area contributed by atoms with Crippen LogP contribution in [0.5, 0.6) is 0 Å². The van der Waals surface area contributed by atoms with E-state index in [4.69, 9.17) is 0 Å². The summed E-state index contributed by atoms with van der Waals surface area (Å²) in [6.07, 6.45) is 0. The largest absolute Gasteiger partial charge is 0.465 e. The van der Waals surface area contributed by atoms with Gasteiger partial charge in [-0.05, 0) is 29.8 Å². The predicted molar refractivity (Wildman–Crippen MR) is 87.8 cm³/mol. The molecule has 2 N–H and O–H groups in total. The van der Waals surface area contributed by atoms with E-state index in [9.17, 15) is 9.59 Å². The maximum absolute atomic E-state index is 11.9. The Morgan fingerprint density at radius 3 is 2.64 bits per heavy atom. The first-order valence-electron chi connectivity index (χ1n) is 6.57. The molecule has 2 aromatic carbocycles. The van der Waals surface area contributed by atoms with Crippen molar-refractivity contribution in [3.05, 3.63) is 64.1 Å². The first kappa shape index (κ1) is 16.0. The monoisotopic (exact) mass is 362 g/mol. The second-order valence-electron chi connectivity index (χ2n) is 4.47. The van der Waals surface area contributed by atoms with Crippen molar-refractivity contribution in [2.75, 3.05) is 12.4 Å². The molecule has 0 aliphatic rings. The number of esters is 1. The number of nitrogens with one attached hydrogen (secondary N) is 2. The van der Waals surface area contributed by atoms with Crippen LogP contribution < -0.4 is 10.6 Å². The van der Waals surface area contributed by atoms with Crippen molar-refractivity contribution in [2.24, 2.45) is 0 Å². The van der Waals surface area contributed by atoms with Gasteiger partial charge in [-0.25, -0.2) is 9.59 Å². The molecule has 5 nitrogen and oxygen atoms in total. The lowest BCUT2D eigenvalue weighted by Crippen LogP contribution is -2.28. The molecule has 0 saturated heterocycles. The van der Waals surface area contributed by atoms with Crippen LogP contribution in [-0.4, -0.2) is 19.1 Å². The number of amides is 2. The number of rotatable bonds is 4. The summed E-state index contributed by atoms with van der Waals surface area (Å²) in [4.78, 5) is 23.3. The quantitative estimate of drug-likeness (QED) is 0.817. The number of urea groups is 1. The van der Waals surface area contributed by atoms with Gasteiger partial charge < -0.3 is 15.4 Å². The Bertz CT molecular complexity index is 689. The van der Waals surface area contributed by atoms with Crippen molar-refractivity contribution < 1.29 is 14.3 Å². The molecular weight excluding hydrogens is 348 g/mol. The molecule has 0 radical (unpaired) electrons. The Morgan fingerprint density at radius 1 is 1.14 bits per heavy atom. The Hall–Kier alpha value is -2.34. The maximum Gasteiger partial charge on any atom is 0.337 e. The van der Waals surface area contributed by atoms with E-state index in [2.05, 4.69) is 31.3 Å². The minimum atomic E-state index is -0.447. The lowest BCUT2D eigenvalue weighted by Gasteiger charge is -2.09. The Balaban J connectivity index is 1.95. The molecular formula is C16H15BrN2O3. The topological polar surface area (TPSA) is 67.4 Å². The number of anilines is 1. The van der Waals surface area contributed by atoms with Crippen LogP contribution in [-0.2, 0) is 11.3 Å². The highest BCUT2D eigenvalue weighted by Crippen LogP contribution is 2.15. The Morgan fingerprint density at radius 2 is 1.91 bits per heavy atom. The summed E-state index contributed by atoms with van der Waals surface area (Å²) in [5.41, 5.74) is 1.87. The van der Waals surface area contributed by atoms with Crippen LogP contribution in [0.3, 0.4) is 0 Å². The van der Waals surface area contributed by atoms with Crippen molar-refractivity contribution in [3.8, 4) is 0 Å². The molecule has 0 aromatic heterocycles. The third-order valence-electron chi connectivity index (χ3n) is 2.94. The van der Waals surface area contributed by atoms with E-state index in [1.54, 1.807) is 24.3 Å². The molecule has 2 amide bonds. The normalized spacial score (nSPS) is 9.91. The molecule has 0 bridgehead atoms. The van der Waals surface area contributed by atoms with E-state index < -0.39 is 5.97 Å². The standard InChI is InChI=1S/C16H15BrN2O3/c1-22-15(20)11-6-4-7-13(9-11)19-16(21)18-10-12-5-2-3-8-14(12)17/h2-9H,10H2,1H3,(H2,18,19,21). The molecule has 0 atom stereocenters. The average molecular weight is 363 g/mol. The van der Waals surface area contributed by atoms with Crippen LogP contribution in [0.2, 0.25) is 0 Å². The van der Waals surface area contributed by atoms with Crippen molar-refractivity contribution in [1.82, 2.24) is 5.32 Å². The summed E-state index contributed by atoms with van der Waals surface area (Å²) in [7, 11) is 1.31. The van der Waals surface area contributed by atoms with Gasteiger partial charge in [0.2, 0.25) is 0 Å². The highest BCUT2D eigenvalue weighted by molar-refractivity contribution is 9.10. The zero-order chi connectivity index (χ0) is 15.9. The molecule has 6 heteroatoms. The fraction of sp³-hybridized carbons (Fsp3) is 0.125. The van der Waals surface area contributed by atoms with Crippen molar-refractivity contribution in [2.45, 2.75) is 6.54 Å². The lowest BCUT2D eigenvalue weighted by molar-refractivity contribution is 0.0600. The third-order valence-corrected chi connectivity index (χ3v) is 3.71. The number of hydrogen-bond acceptors (Lipinski definition) is 3. The maximum atomic E-state index is 11.9. The number of carbonyl (C=O) groups excluding carboxylic acids is 2. The average Bonchev–Trinajstić information content (AvgIpc) is 2.53. The SMILES string of the molecule is COC(=O)c1cccc(NC(=O)NCc2ccccc2Br)c1. The van der Waals surface area contributed by atoms with E-state index >= 15 is 0 Å². The molecule has 0 unspecified atom stereocenters. The fourth-order valence-electron chi connectivity index (χ4n) is 1.83. The van der Waals surface area contributed by atoms with Crippen LogP contribution in [0.1, 0.15) is 15.9 Å². The molecule has 0 heterocycles. The first-order chi connectivity index (χ1) is 10.6. The van der Waals surface area contributed by atoms with Gasteiger partial charge in [0.25, 0.3) is 0 Å². The van der Waals surface area contributed by atoms with Gasteiger partial charge in [-0.3, -0.25) is 0 Å². The minimum absolute atomic E-state index is 0.349. The van der Waals surface area contributed by atoms with Gasteiger partial charge in [0.15, 0.2) is 0 Å². The van der Waals surface area contributed by atoms with Crippen LogP contribution in [0, 0.1) is 0 Å². The molecule has 0 fully saturated rings. The Labute approximate surface area is 136 Å². The summed E-state index contributed by atoms with van der Waals surface area (Å²) in [5.74, 6) is -0.447. The van der Waals surface area contributed by atoms with E-state index in [0.29, 0.717) is 17.8 Å². The number of carbonyl (C=O) groups is 2. The van der Waals surface area contributed by atoms with Crippen LogP contribution in [0.25, 0.3) is 0 Å². The number of ether oxygens (including phenoxy) is 1. The highest BCUT2D eigenvalue weighted by Gasteiger charge is 2.08. The van der Waals surface area contributed by atoms with Crippen LogP contribution in [0.15, 0.2) is 53.0 Å². The number of methoxy groups -OCH3 is 1. The second-order valence-corrected chi connectivity index (χ2v) is 5.33. The van der Waals surface area contributed by atoms with Crippen molar-refractivity contribution in [3.63, 3.8) is 0 Å². The van der Waals surface area contributed by atoms with Crippen LogP contribution in [0.4, 0.5) is 10.5 Å². The molecule has 2 aromatic rings. The molecule has 0 aliphatic carbocycles. The number of benzene rings is 2. The predicted octanol–water partition coefficient (Wildman–Crippen LogP) is 3.56. The summed E-state index contributed by atoms with van der Waals surface area (Å²) in [5, 5.41) is 5.43. The van der Waals surface area contributed by atoms with Crippen molar-refractivity contribution >= 4 is 33.6 Å². The summed E-state index contributed by atoms with van der Waals surface area (Å²) in [6, 6.07) is 13.8. The van der Waals surface area contributed by atoms with Gasteiger partial charge in [0.1, 0.15) is 0 Å². The van der Waals surface area contributed by atoms with Gasteiger partial charge >= 0.3 is 12.0 Å². The number of hydrogen-bond donors (Lipinski definition) is 2. The Kier molecular flexibility index (Phi) is 5.55. The number of halogens is 1. The van der Waals surface area contributed by atoms with E-state index in [-0.39, 0.29) is 6.03 Å². The third kappa shape index (κ3) is 4.33. The first-order valence-corrected chi connectivity index (χ1v) is 7.36. The second kappa shape index (κ2) is 7.61.